The lowest BCUT2D eigenvalue weighted by atomic mass is 10.2. The molecule has 3 aromatic rings. The van der Waals surface area contributed by atoms with E-state index in [2.05, 4.69) is 26.2 Å². The van der Waals surface area contributed by atoms with Crippen molar-refractivity contribution < 1.29 is 24.3 Å². The Morgan fingerprint density at radius 2 is 1.97 bits per heavy atom. The first-order chi connectivity index (χ1) is 15.0. The topological polar surface area (TPSA) is 89.9 Å². The third-order valence-corrected chi connectivity index (χ3v) is 5.74. The molecule has 31 heavy (non-hydrogen) atoms. The summed E-state index contributed by atoms with van der Waals surface area (Å²) < 4.78 is 13.4. The lowest BCUT2D eigenvalue weighted by Crippen LogP contribution is -3.13. The molecule has 2 N–H and O–H groups in total. The van der Waals surface area contributed by atoms with Crippen molar-refractivity contribution in [2.45, 2.75) is 6.67 Å². The van der Waals surface area contributed by atoms with Crippen LogP contribution >= 0.6 is 27.5 Å². The summed E-state index contributed by atoms with van der Waals surface area (Å²) in [6, 6.07) is 12.3. The van der Waals surface area contributed by atoms with Crippen LogP contribution in [0.25, 0.3) is 10.9 Å². The minimum atomic E-state index is -0.566. The molecule has 0 spiro atoms. The zero-order chi connectivity index (χ0) is 21.8. The number of azo groups is 1. The van der Waals surface area contributed by atoms with Crippen LogP contribution in [-0.2, 0) is 16.2 Å². The molecule has 1 aliphatic heterocycles. The SMILES string of the molecule is O=C(COc1ccc(Cl)cc1)N=Nc1c(O)n(C[NH+]2CCOCC2)c2ccc(Br)cc12. The van der Waals surface area contributed by atoms with E-state index in [1.54, 1.807) is 28.8 Å². The normalized spacial score (nSPS) is 15.0. The van der Waals surface area contributed by atoms with Crippen molar-refractivity contribution in [3.8, 4) is 11.6 Å². The Hall–Kier alpha value is -2.46. The van der Waals surface area contributed by atoms with Crippen molar-refractivity contribution in [1.82, 2.24) is 4.57 Å². The van der Waals surface area contributed by atoms with E-state index in [4.69, 9.17) is 21.1 Å². The van der Waals surface area contributed by atoms with Crippen molar-refractivity contribution in [3.05, 3.63) is 52.0 Å². The van der Waals surface area contributed by atoms with Gasteiger partial charge < -0.3 is 19.5 Å². The molecule has 10 heteroatoms. The number of carbonyl (C=O) groups excluding carboxylic acids is 1. The Labute approximate surface area is 192 Å². The van der Waals surface area contributed by atoms with Gasteiger partial charge in [-0.15, -0.1) is 10.2 Å². The smallest absolute Gasteiger partial charge is 0.302 e. The number of rotatable bonds is 6. The third-order valence-electron chi connectivity index (χ3n) is 4.99. The summed E-state index contributed by atoms with van der Waals surface area (Å²) in [6.45, 7) is 3.38. The Bertz CT molecular complexity index is 1110. The first kappa shape index (κ1) is 21.8. The summed E-state index contributed by atoms with van der Waals surface area (Å²) >= 11 is 9.29. The summed E-state index contributed by atoms with van der Waals surface area (Å²) in [5.74, 6) is -0.0869. The number of halogens is 2. The number of hydrogen-bond donors (Lipinski definition) is 2. The van der Waals surface area contributed by atoms with Gasteiger partial charge in [0.1, 0.15) is 18.8 Å². The van der Waals surface area contributed by atoms with Gasteiger partial charge >= 0.3 is 5.91 Å². The van der Waals surface area contributed by atoms with Gasteiger partial charge in [-0.1, -0.05) is 27.5 Å². The van der Waals surface area contributed by atoms with Crippen molar-refractivity contribution in [2.24, 2.45) is 10.2 Å². The average Bonchev–Trinajstić information content (AvgIpc) is 3.02. The van der Waals surface area contributed by atoms with Crippen LogP contribution in [0, 0.1) is 0 Å². The summed E-state index contributed by atoms with van der Waals surface area (Å²) in [7, 11) is 0. The second-order valence-corrected chi connectivity index (χ2v) is 8.47. The van der Waals surface area contributed by atoms with Crippen molar-refractivity contribution >= 4 is 50.0 Å². The number of fused-ring (bicyclic) bond motifs is 1. The first-order valence-corrected chi connectivity index (χ1v) is 10.9. The third kappa shape index (κ3) is 5.24. The quantitative estimate of drug-likeness (QED) is 0.500. The number of carbonyl (C=O) groups is 1. The molecule has 162 valence electrons. The van der Waals surface area contributed by atoms with Crippen LogP contribution < -0.4 is 9.64 Å². The fraction of sp³-hybridized carbons (Fsp3) is 0.286. The van der Waals surface area contributed by atoms with Gasteiger partial charge in [-0.25, -0.2) is 0 Å². The van der Waals surface area contributed by atoms with Crippen molar-refractivity contribution in [1.29, 1.82) is 0 Å². The maximum Gasteiger partial charge on any atom is 0.302 e. The van der Waals surface area contributed by atoms with E-state index in [0.29, 0.717) is 36.0 Å². The number of nitrogens with one attached hydrogen (secondary N) is 1. The predicted molar refractivity (Wildman–Crippen MR) is 119 cm³/mol. The minimum Gasteiger partial charge on any atom is -0.493 e. The van der Waals surface area contributed by atoms with Gasteiger partial charge in [-0.3, -0.25) is 9.36 Å². The number of aromatic nitrogens is 1. The highest BCUT2D eigenvalue weighted by Crippen LogP contribution is 2.39. The zero-order valence-corrected chi connectivity index (χ0v) is 18.9. The van der Waals surface area contributed by atoms with Gasteiger partial charge in [-0.05, 0) is 42.5 Å². The monoisotopic (exact) mass is 507 g/mol. The molecule has 1 amide bonds. The lowest BCUT2D eigenvalue weighted by molar-refractivity contribution is -0.930. The van der Waals surface area contributed by atoms with Crippen molar-refractivity contribution in [3.63, 3.8) is 0 Å². The second kappa shape index (κ2) is 9.78. The van der Waals surface area contributed by atoms with Gasteiger partial charge in [0.2, 0.25) is 5.88 Å². The van der Waals surface area contributed by atoms with Gasteiger partial charge in [0, 0.05) is 14.9 Å². The number of ether oxygens (including phenoxy) is 2. The molecule has 2 aromatic carbocycles. The summed E-state index contributed by atoms with van der Waals surface area (Å²) in [6.07, 6.45) is 0. The average molecular weight is 509 g/mol. The number of nitrogens with zero attached hydrogens (tertiary/aromatic N) is 3. The molecule has 0 unspecified atom stereocenters. The zero-order valence-electron chi connectivity index (χ0n) is 16.6. The van der Waals surface area contributed by atoms with Crippen LogP contribution in [0.2, 0.25) is 5.02 Å². The van der Waals surface area contributed by atoms with E-state index in [-0.39, 0.29) is 18.2 Å². The first-order valence-electron chi connectivity index (χ1n) is 9.76. The van der Waals surface area contributed by atoms with Crippen molar-refractivity contribution in [2.75, 3.05) is 32.9 Å². The van der Waals surface area contributed by atoms with Crippen LogP contribution in [-0.4, -0.2) is 48.5 Å². The van der Waals surface area contributed by atoms with E-state index >= 15 is 0 Å². The van der Waals surface area contributed by atoms with Gasteiger partial charge in [-0.2, -0.15) is 0 Å². The number of benzene rings is 2. The molecule has 1 aromatic heterocycles. The van der Waals surface area contributed by atoms with Crippen LogP contribution in [0.5, 0.6) is 11.6 Å². The standard InChI is InChI=1S/C21H20BrClN4O4/c22-14-1-6-18-17(11-14)20(21(29)27(18)13-26-7-9-30-10-8-26)25-24-19(28)12-31-16-4-2-15(23)3-5-16/h1-6,11,29H,7-10,12-13H2/p+1. The molecular formula is C21H21BrClN4O4+. The molecule has 0 saturated carbocycles. The Morgan fingerprint density at radius 3 is 2.71 bits per heavy atom. The number of quaternary nitrogens is 1. The molecule has 4 rings (SSSR count). The number of hydrogen-bond acceptors (Lipinski definition) is 5. The Kier molecular flexibility index (Phi) is 6.86. The van der Waals surface area contributed by atoms with E-state index in [1.807, 2.05) is 18.2 Å². The van der Waals surface area contributed by atoms with Crippen LogP contribution in [0.1, 0.15) is 0 Å². The highest BCUT2D eigenvalue weighted by molar-refractivity contribution is 9.10. The summed E-state index contributed by atoms with van der Waals surface area (Å²) in [4.78, 5) is 13.5. The second-order valence-electron chi connectivity index (χ2n) is 7.12. The minimum absolute atomic E-state index is 0.0257. The van der Waals surface area contributed by atoms with E-state index in [9.17, 15) is 9.90 Å². The maximum absolute atomic E-state index is 12.2. The van der Waals surface area contributed by atoms with E-state index < -0.39 is 5.91 Å². The summed E-state index contributed by atoms with van der Waals surface area (Å²) in [5.41, 5.74) is 1.07. The fourth-order valence-electron chi connectivity index (χ4n) is 3.41. The number of aromatic hydroxyl groups is 1. The summed E-state index contributed by atoms with van der Waals surface area (Å²) in [5, 5.41) is 20.0. The fourth-order valence-corrected chi connectivity index (χ4v) is 3.89. The van der Waals surface area contributed by atoms with Gasteiger partial charge in [0.25, 0.3) is 0 Å². The number of amides is 1. The molecule has 1 fully saturated rings. The van der Waals surface area contributed by atoms with Gasteiger partial charge in [0.05, 0.1) is 18.7 Å². The predicted octanol–water partition coefficient (Wildman–Crippen LogP) is 3.32. The van der Waals surface area contributed by atoms with Crippen LogP contribution in [0.4, 0.5) is 5.69 Å². The van der Waals surface area contributed by atoms with Crippen LogP contribution in [0.3, 0.4) is 0 Å². The number of morpholine rings is 1. The van der Waals surface area contributed by atoms with Gasteiger partial charge in [0.15, 0.2) is 19.0 Å². The molecule has 1 aliphatic rings. The molecule has 0 radical (unpaired) electrons. The highest BCUT2D eigenvalue weighted by Gasteiger charge is 2.22. The lowest BCUT2D eigenvalue weighted by Gasteiger charge is -2.24. The largest absolute Gasteiger partial charge is 0.493 e. The molecule has 8 nitrogen and oxygen atoms in total. The van der Waals surface area contributed by atoms with Crippen LogP contribution in [0.15, 0.2) is 57.2 Å². The maximum atomic E-state index is 12.2. The van der Waals surface area contributed by atoms with E-state index in [0.717, 1.165) is 23.1 Å². The molecule has 0 atom stereocenters. The molecule has 2 heterocycles. The van der Waals surface area contributed by atoms with E-state index in [1.165, 1.54) is 4.90 Å². The Balaban J connectivity index is 1.54. The molecule has 0 aliphatic carbocycles. The molecule has 0 bridgehead atoms. The Morgan fingerprint density at radius 1 is 1.23 bits per heavy atom. The molecular weight excluding hydrogens is 488 g/mol. The highest BCUT2D eigenvalue weighted by atomic mass is 79.9. The molecule has 1 saturated heterocycles.